The maximum atomic E-state index is 12.2. The van der Waals surface area contributed by atoms with Crippen LogP contribution < -0.4 is 4.90 Å². The molecule has 0 aromatic carbocycles. The standard InChI is InChI=1S/C17H24N4O2/c1-17(2,3)23-16(22)12-6-9-21(10-7-12)14-5-8-18-15-13(14)11-19-20(15)4/h5,8,11-12H,6-7,9-10H2,1-4H3. The number of piperidine rings is 1. The van der Waals surface area contributed by atoms with Crippen molar-refractivity contribution in [3.63, 3.8) is 0 Å². The van der Waals surface area contributed by atoms with Gasteiger partial charge in [0.05, 0.1) is 23.2 Å². The fourth-order valence-corrected chi connectivity index (χ4v) is 3.05. The summed E-state index contributed by atoms with van der Waals surface area (Å²) in [4.78, 5) is 18.9. The summed E-state index contributed by atoms with van der Waals surface area (Å²) >= 11 is 0. The number of aryl methyl sites for hydroxylation is 1. The van der Waals surface area contributed by atoms with E-state index in [2.05, 4.69) is 15.0 Å². The van der Waals surface area contributed by atoms with Gasteiger partial charge in [-0.1, -0.05) is 0 Å². The fraction of sp³-hybridized carbons (Fsp3) is 0.588. The summed E-state index contributed by atoms with van der Waals surface area (Å²) in [6, 6.07) is 2.03. The molecular weight excluding hydrogens is 292 g/mol. The monoisotopic (exact) mass is 316 g/mol. The molecule has 1 aliphatic heterocycles. The van der Waals surface area contributed by atoms with Gasteiger partial charge in [-0.25, -0.2) is 4.98 Å². The Morgan fingerprint density at radius 3 is 2.65 bits per heavy atom. The molecule has 2 aromatic rings. The van der Waals surface area contributed by atoms with Crippen LogP contribution in [0.2, 0.25) is 0 Å². The first-order valence-electron chi connectivity index (χ1n) is 8.10. The van der Waals surface area contributed by atoms with Crippen LogP contribution in [0.3, 0.4) is 0 Å². The lowest BCUT2D eigenvalue weighted by Gasteiger charge is -2.34. The third-order valence-corrected chi connectivity index (χ3v) is 4.19. The van der Waals surface area contributed by atoms with Crippen molar-refractivity contribution in [3.8, 4) is 0 Å². The molecule has 23 heavy (non-hydrogen) atoms. The van der Waals surface area contributed by atoms with E-state index < -0.39 is 5.60 Å². The Kier molecular flexibility index (Phi) is 4.00. The summed E-state index contributed by atoms with van der Waals surface area (Å²) in [5, 5.41) is 5.35. The quantitative estimate of drug-likeness (QED) is 0.797. The number of anilines is 1. The first-order valence-corrected chi connectivity index (χ1v) is 8.10. The first-order chi connectivity index (χ1) is 10.8. The second-order valence-corrected chi connectivity index (χ2v) is 7.13. The number of nitrogens with zero attached hydrogens (tertiary/aromatic N) is 4. The summed E-state index contributed by atoms with van der Waals surface area (Å²) < 4.78 is 7.29. The summed E-state index contributed by atoms with van der Waals surface area (Å²) in [5.41, 5.74) is 1.61. The van der Waals surface area contributed by atoms with E-state index in [9.17, 15) is 4.79 Å². The number of hydrogen-bond donors (Lipinski definition) is 0. The lowest BCUT2D eigenvalue weighted by molar-refractivity contribution is -0.160. The van der Waals surface area contributed by atoms with Gasteiger partial charge in [0, 0.05) is 26.3 Å². The van der Waals surface area contributed by atoms with Crippen LogP contribution >= 0.6 is 0 Å². The molecule has 1 aliphatic rings. The molecule has 0 bridgehead atoms. The molecule has 0 unspecified atom stereocenters. The van der Waals surface area contributed by atoms with Crippen LogP contribution in [0.15, 0.2) is 18.5 Å². The highest BCUT2D eigenvalue weighted by atomic mass is 16.6. The molecule has 0 saturated carbocycles. The van der Waals surface area contributed by atoms with Gasteiger partial charge >= 0.3 is 5.97 Å². The van der Waals surface area contributed by atoms with Gasteiger partial charge in [0.2, 0.25) is 0 Å². The van der Waals surface area contributed by atoms with Crippen LogP contribution in [0.1, 0.15) is 33.6 Å². The Morgan fingerprint density at radius 1 is 1.30 bits per heavy atom. The van der Waals surface area contributed by atoms with E-state index >= 15 is 0 Å². The van der Waals surface area contributed by atoms with E-state index in [1.807, 2.05) is 46.3 Å². The average molecular weight is 316 g/mol. The lowest BCUT2D eigenvalue weighted by atomic mass is 9.96. The van der Waals surface area contributed by atoms with Crippen molar-refractivity contribution < 1.29 is 9.53 Å². The molecule has 6 heteroatoms. The SMILES string of the molecule is Cn1ncc2c(N3CCC(C(=O)OC(C)(C)C)CC3)ccnc21. The van der Waals surface area contributed by atoms with Gasteiger partial charge in [-0.05, 0) is 39.7 Å². The topological polar surface area (TPSA) is 60.2 Å². The van der Waals surface area contributed by atoms with Crippen molar-refractivity contribution >= 4 is 22.7 Å². The predicted octanol–water partition coefficient (Wildman–Crippen LogP) is 2.53. The van der Waals surface area contributed by atoms with Gasteiger partial charge < -0.3 is 9.64 Å². The Morgan fingerprint density at radius 2 is 2.00 bits per heavy atom. The summed E-state index contributed by atoms with van der Waals surface area (Å²) in [7, 11) is 1.90. The minimum absolute atomic E-state index is 0.00305. The highest BCUT2D eigenvalue weighted by Gasteiger charge is 2.29. The molecule has 1 saturated heterocycles. The summed E-state index contributed by atoms with van der Waals surface area (Å²) in [5.74, 6) is -0.0740. The van der Waals surface area contributed by atoms with Crippen LogP contribution in [0.4, 0.5) is 5.69 Å². The van der Waals surface area contributed by atoms with Crippen molar-refractivity contribution in [3.05, 3.63) is 18.5 Å². The van der Waals surface area contributed by atoms with Crippen LogP contribution in [0, 0.1) is 5.92 Å². The maximum absolute atomic E-state index is 12.2. The maximum Gasteiger partial charge on any atom is 0.309 e. The minimum Gasteiger partial charge on any atom is -0.460 e. The van der Waals surface area contributed by atoms with Crippen molar-refractivity contribution in [1.82, 2.24) is 14.8 Å². The zero-order chi connectivity index (χ0) is 16.6. The van der Waals surface area contributed by atoms with Gasteiger partial charge in [0.25, 0.3) is 0 Å². The van der Waals surface area contributed by atoms with Crippen molar-refractivity contribution in [2.24, 2.45) is 13.0 Å². The molecule has 1 fully saturated rings. The van der Waals surface area contributed by atoms with Crippen molar-refractivity contribution in [2.75, 3.05) is 18.0 Å². The molecule has 0 amide bonds. The average Bonchev–Trinajstić information content (AvgIpc) is 2.87. The number of ether oxygens (including phenoxy) is 1. The normalized spacial score (nSPS) is 16.8. The van der Waals surface area contributed by atoms with Crippen molar-refractivity contribution in [2.45, 2.75) is 39.2 Å². The van der Waals surface area contributed by atoms with Crippen LogP contribution in [0.25, 0.3) is 11.0 Å². The van der Waals surface area contributed by atoms with E-state index in [-0.39, 0.29) is 11.9 Å². The minimum atomic E-state index is -0.415. The van der Waals surface area contributed by atoms with Crippen molar-refractivity contribution in [1.29, 1.82) is 0 Å². The van der Waals surface area contributed by atoms with Gasteiger partial charge in [0.15, 0.2) is 5.65 Å². The van der Waals surface area contributed by atoms with E-state index in [0.29, 0.717) is 0 Å². The molecular formula is C17H24N4O2. The number of aromatic nitrogens is 3. The second-order valence-electron chi connectivity index (χ2n) is 7.13. The first kappa shape index (κ1) is 15.8. The third kappa shape index (κ3) is 3.30. The number of carbonyl (C=O) groups excluding carboxylic acids is 1. The largest absolute Gasteiger partial charge is 0.460 e. The van der Waals surface area contributed by atoms with E-state index in [4.69, 9.17) is 4.74 Å². The molecule has 0 radical (unpaired) electrons. The van der Waals surface area contributed by atoms with Crippen LogP contribution in [-0.2, 0) is 16.6 Å². The summed E-state index contributed by atoms with van der Waals surface area (Å²) in [6.07, 6.45) is 5.31. The smallest absolute Gasteiger partial charge is 0.309 e. The van der Waals surface area contributed by atoms with E-state index in [0.717, 1.165) is 42.7 Å². The molecule has 0 spiro atoms. The molecule has 0 atom stereocenters. The zero-order valence-electron chi connectivity index (χ0n) is 14.2. The van der Waals surface area contributed by atoms with E-state index in [1.165, 1.54) is 0 Å². The second kappa shape index (κ2) is 5.83. The number of carbonyl (C=O) groups is 1. The fourth-order valence-electron chi connectivity index (χ4n) is 3.05. The molecule has 0 aliphatic carbocycles. The Labute approximate surface area is 136 Å². The van der Waals surface area contributed by atoms with Crippen LogP contribution in [-0.4, -0.2) is 39.4 Å². The molecule has 3 heterocycles. The van der Waals surface area contributed by atoms with Gasteiger partial charge in [-0.3, -0.25) is 9.48 Å². The predicted molar refractivity (Wildman–Crippen MR) is 89.3 cm³/mol. The lowest BCUT2D eigenvalue weighted by Crippen LogP contribution is -2.38. The van der Waals surface area contributed by atoms with Gasteiger partial charge in [-0.2, -0.15) is 5.10 Å². The Bertz CT molecular complexity index is 709. The molecule has 0 N–H and O–H groups in total. The summed E-state index contributed by atoms with van der Waals surface area (Å²) in [6.45, 7) is 7.43. The number of rotatable bonds is 2. The number of hydrogen-bond acceptors (Lipinski definition) is 5. The zero-order valence-corrected chi connectivity index (χ0v) is 14.2. The van der Waals surface area contributed by atoms with Gasteiger partial charge in [-0.15, -0.1) is 0 Å². The number of fused-ring (bicyclic) bond motifs is 1. The highest BCUT2D eigenvalue weighted by Crippen LogP contribution is 2.29. The molecule has 6 nitrogen and oxygen atoms in total. The Balaban J connectivity index is 1.70. The number of esters is 1. The number of pyridine rings is 1. The Hall–Kier alpha value is -2.11. The van der Waals surface area contributed by atoms with E-state index in [1.54, 1.807) is 4.68 Å². The highest BCUT2D eigenvalue weighted by molar-refractivity contribution is 5.89. The molecule has 3 rings (SSSR count). The molecule has 2 aromatic heterocycles. The third-order valence-electron chi connectivity index (χ3n) is 4.19. The molecule has 124 valence electrons. The van der Waals surface area contributed by atoms with Crippen LogP contribution in [0.5, 0.6) is 0 Å². The van der Waals surface area contributed by atoms with Gasteiger partial charge in [0.1, 0.15) is 5.60 Å².